The summed E-state index contributed by atoms with van der Waals surface area (Å²) in [5.74, 6) is -0.417. The number of halogens is 1. The van der Waals surface area contributed by atoms with Gasteiger partial charge in [-0.3, -0.25) is 9.78 Å². The van der Waals surface area contributed by atoms with Crippen LogP contribution < -0.4 is 5.32 Å². The molecule has 2 aromatic heterocycles. The third-order valence-electron chi connectivity index (χ3n) is 5.80. The second-order valence-electron chi connectivity index (χ2n) is 8.06. The standard InChI is InChI=1S/C22H26BrN5O5S/c1-27-6-8-28(9-7-27)34(31,32)14-3-4-18(25-13-14)20-16-11-15(21(29)24-5-10-33-2)17(23)12-19(16)26-22(20)30/h3-4,11-13,26,30H,5-10H2,1-2H3,(H,24,29). The zero-order valence-corrected chi connectivity index (χ0v) is 21.2. The van der Waals surface area contributed by atoms with Crippen LogP contribution in [0.2, 0.25) is 0 Å². The smallest absolute Gasteiger partial charge is 0.252 e. The second-order valence-corrected chi connectivity index (χ2v) is 10.9. The number of likely N-dealkylation sites (N-methyl/N-ethyl adjacent to an activating group) is 1. The minimum atomic E-state index is -3.65. The number of H-pyrrole nitrogens is 1. The molecule has 0 aliphatic carbocycles. The molecular formula is C22H26BrN5O5S. The number of amides is 1. The number of carbonyl (C=O) groups excluding carboxylic acids is 1. The fraction of sp³-hybridized carbons (Fsp3) is 0.364. The van der Waals surface area contributed by atoms with Crippen LogP contribution in [0, 0.1) is 0 Å². The van der Waals surface area contributed by atoms with Crippen molar-refractivity contribution in [3.05, 3.63) is 40.5 Å². The molecule has 1 aliphatic heterocycles. The van der Waals surface area contributed by atoms with Gasteiger partial charge in [0.1, 0.15) is 4.90 Å². The lowest BCUT2D eigenvalue weighted by Gasteiger charge is -2.31. The van der Waals surface area contributed by atoms with Crippen molar-refractivity contribution in [2.24, 2.45) is 0 Å². The van der Waals surface area contributed by atoms with Gasteiger partial charge in [-0.1, -0.05) is 0 Å². The minimum absolute atomic E-state index is 0.0982. The fourth-order valence-electron chi connectivity index (χ4n) is 3.85. The fourth-order valence-corrected chi connectivity index (χ4v) is 5.75. The Bertz CT molecular complexity index is 1300. The van der Waals surface area contributed by atoms with E-state index in [4.69, 9.17) is 4.74 Å². The predicted molar refractivity (Wildman–Crippen MR) is 131 cm³/mol. The normalized spacial score (nSPS) is 15.6. The number of sulfonamides is 1. The van der Waals surface area contributed by atoms with Crippen LogP contribution >= 0.6 is 15.9 Å². The molecule has 1 fully saturated rings. The van der Waals surface area contributed by atoms with Crippen LogP contribution in [0.3, 0.4) is 0 Å². The highest BCUT2D eigenvalue weighted by atomic mass is 79.9. The summed E-state index contributed by atoms with van der Waals surface area (Å²) >= 11 is 3.41. The van der Waals surface area contributed by atoms with Gasteiger partial charge in [0.25, 0.3) is 5.91 Å². The number of carbonyl (C=O) groups is 1. The molecule has 0 unspecified atom stereocenters. The Morgan fingerprint density at radius 1 is 1.26 bits per heavy atom. The van der Waals surface area contributed by atoms with Gasteiger partial charge in [0.2, 0.25) is 10.0 Å². The number of aromatic nitrogens is 2. The summed E-state index contributed by atoms with van der Waals surface area (Å²) in [5.41, 5.74) is 1.76. The van der Waals surface area contributed by atoms with Crippen LogP contribution in [0.25, 0.3) is 22.2 Å². The number of methoxy groups -OCH3 is 1. The summed E-state index contributed by atoms with van der Waals surface area (Å²) < 4.78 is 33.0. The molecule has 1 aromatic carbocycles. The molecule has 1 saturated heterocycles. The molecule has 0 saturated carbocycles. The largest absolute Gasteiger partial charge is 0.494 e. The van der Waals surface area contributed by atoms with Crippen LogP contribution in [-0.4, -0.2) is 92.1 Å². The van der Waals surface area contributed by atoms with Gasteiger partial charge < -0.3 is 25.0 Å². The Kier molecular flexibility index (Phi) is 7.24. The molecule has 182 valence electrons. The first-order chi connectivity index (χ1) is 16.2. The van der Waals surface area contributed by atoms with E-state index in [-0.39, 0.29) is 16.7 Å². The highest BCUT2D eigenvalue weighted by Gasteiger charge is 2.28. The highest BCUT2D eigenvalue weighted by Crippen LogP contribution is 2.38. The van der Waals surface area contributed by atoms with Gasteiger partial charge in [-0.2, -0.15) is 4.31 Å². The predicted octanol–water partition coefficient (Wildman–Crippen LogP) is 2.01. The molecule has 1 aliphatic rings. The van der Waals surface area contributed by atoms with E-state index in [2.05, 4.69) is 36.1 Å². The van der Waals surface area contributed by atoms with E-state index in [0.717, 1.165) is 0 Å². The number of aromatic hydroxyl groups is 1. The number of nitrogens with one attached hydrogen (secondary N) is 2. The third-order valence-corrected chi connectivity index (χ3v) is 8.33. The molecule has 4 rings (SSSR count). The topological polar surface area (TPSA) is 128 Å². The van der Waals surface area contributed by atoms with E-state index >= 15 is 0 Å². The Morgan fingerprint density at radius 2 is 2.00 bits per heavy atom. The zero-order valence-electron chi connectivity index (χ0n) is 18.8. The molecule has 3 N–H and O–H groups in total. The van der Waals surface area contributed by atoms with Crippen molar-refractivity contribution >= 4 is 42.8 Å². The SMILES string of the molecule is COCCNC(=O)c1cc2c(-c3ccc(S(=O)(=O)N4CCN(C)CC4)cn3)c(O)[nH]c2cc1Br. The third kappa shape index (κ3) is 4.82. The summed E-state index contributed by atoms with van der Waals surface area (Å²) in [5, 5.41) is 13.9. The molecule has 0 atom stereocenters. The van der Waals surface area contributed by atoms with E-state index in [1.807, 2.05) is 7.05 Å². The Hall–Kier alpha value is -2.51. The van der Waals surface area contributed by atoms with Crippen molar-refractivity contribution in [2.45, 2.75) is 4.90 Å². The quantitative estimate of drug-likeness (QED) is 0.383. The first-order valence-corrected chi connectivity index (χ1v) is 12.9. The van der Waals surface area contributed by atoms with Gasteiger partial charge >= 0.3 is 0 Å². The van der Waals surface area contributed by atoms with Crippen LogP contribution in [0.1, 0.15) is 10.4 Å². The van der Waals surface area contributed by atoms with Gasteiger partial charge in [-0.15, -0.1) is 0 Å². The molecule has 0 radical (unpaired) electrons. The van der Waals surface area contributed by atoms with Crippen molar-refractivity contribution in [2.75, 3.05) is 53.5 Å². The number of hydrogen-bond donors (Lipinski definition) is 3. The highest BCUT2D eigenvalue weighted by molar-refractivity contribution is 9.10. The number of rotatable bonds is 7. The van der Waals surface area contributed by atoms with E-state index in [1.54, 1.807) is 25.3 Å². The molecular weight excluding hydrogens is 526 g/mol. The molecule has 1 amide bonds. The number of piperazine rings is 1. The minimum Gasteiger partial charge on any atom is -0.494 e. The summed E-state index contributed by atoms with van der Waals surface area (Å²) in [6.45, 7) is 2.93. The lowest BCUT2D eigenvalue weighted by atomic mass is 10.1. The Labute approximate surface area is 206 Å². The monoisotopic (exact) mass is 551 g/mol. The first-order valence-electron chi connectivity index (χ1n) is 10.7. The van der Waals surface area contributed by atoms with Crippen LogP contribution in [0.4, 0.5) is 0 Å². The number of ether oxygens (including phenoxy) is 1. The van der Waals surface area contributed by atoms with Crippen molar-refractivity contribution in [1.82, 2.24) is 24.5 Å². The average Bonchev–Trinajstić information content (AvgIpc) is 3.13. The van der Waals surface area contributed by atoms with Crippen LogP contribution in [0.15, 0.2) is 39.8 Å². The van der Waals surface area contributed by atoms with Gasteiger partial charge in [0.15, 0.2) is 5.88 Å². The average molecular weight is 552 g/mol. The number of benzene rings is 1. The van der Waals surface area contributed by atoms with Crippen LogP contribution in [-0.2, 0) is 14.8 Å². The van der Waals surface area contributed by atoms with Crippen molar-refractivity contribution in [3.63, 3.8) is 0 Å². The van der Waals surface area contributed by atoms with Gasteiger partial charge in [0, 0.05) is 55.9 Å². The van der Waals surface area contributed by atoms with E-state index < -0.39 is 10.0 Å². The van der Waals surface area contributed by atoms with E-state index in [9.17, 15) is 18.3 Å². The molecule has 12 heteroatoms. The lowest BCUT2D eigenvalue weighted by Crippen LogP contribution is -2.47. The van der Waals surface area contributed by atoms with Crippen molar-refractivity contribution in [3.8, 4) is 17.1 Å². The maximum atomic E-state index is 13.0. The number of fused-ring (bicyclic) bond motifs is 1. The van der Waals surface area contributed by atoms with Gasteiger partial charge in [-0.25, -0.2) is 8.42 Å². The van der Waals surface area contributed by atoms with E-state index in [1.165, 1.54) is 16.6 Å². The second kappa shape index (κ2) is 10.0. The summed E-state index contributed by atoms with van der Waals surface area (Å²) in [4.78, 5) is 22.0. The Balaban J connectivity index is 1.66. The summed E-state index contributed by atoms with van der Waals surface area (Å²) in [6.07, 6.45) is 1.30. The maximum absolute atomic E-state index is 13.0. The van der Waals surface area contributed by atoms with Gasteiger partial charge in [-0.05, 0) is 47.2 Å². The van der Waals surface area contributed by atoms with E-state index in [0.29, 0.717) is 71.5 Å². The molecule has 10 nitrogen and oxygen atoms in total. The molecule has 3 heterocycles. The molecule has 0 spiro atoms. The maximum Gasteiger partial charge on any atom is 0.252 e. The lowest BCUT2D eigenvalue weighted by molar-refractivity contribution is 0.0936. The van der Waals surface area contributed by atoms with Gasteiger partial charge in [0.05, 0.1) is 28.9 Å². The zero-order chi connectivity index (χ0) is 24.5. The Morgan fingerprint density at radius 3 is 2.65 bits per heavy atom. The number of hydrogen-bond acceptors (Lipinski definition) is 7. The molecule has 0 bridgehead atoms. The summed E-state index contributed by atoms with van der Waals surface area (Å²) in [7, 11) is -0.141. The van der Waals surface area contributed by atoms with Crippen molar-refractivity contribution in [1.29, 1.82) is 0 Å². The first kappa shape index (κ1) is 24.6. The number of nitrogens with zero attached hydrogens (tertiary/aromatic N) is 3. The number of aromatic amines is 1. The van der Waals surface area contributed by atoms with Crippen molar-refractivity contribution < 1.29 is 23.1 Å². The summed E-state index contributed by atoms with van der Waals surface area (Å²) in [6, 6.07) is 6.41. The van der Waals surface area contributed by atoms with Crippen LogP contribution in [0.5, 0.6) is 5.88 Å². The molecule has 34 heavy (non-hydrogen) atoms. The number of pyridine rings is 1. The molecule has 3 aromatic rings.